The molecule has 4 N–H and O–H groups in total. The smallest absolute Gasteiger partial charge is 0.191 e. The maximum atomic E-state index is 13.2. The number of thioether (sulfide) groups is 1. The number of hydrogen-bond donors (Lipinski definition) is 3. The second kappa shape index (κ2) is 6.53. The predicted octanol–water partition coefficient (Wildman–Crippen LogP) is 2.80. The average molecular weight is 293 g/mol. The second-order valence-corrected chi connectivity index (χ2v) is 4.96. The molecule has 0 bridgehead atoms. The summed E-state index contributed by atoms with van der Waals surface area (Å²) >= 11 is 1.42. The standard InChI is InChI=1S/C13H16FN5S/c1-8(9-4-3-5-10(14)6-9)16-11-7-12(19-15)18-13(17-11)20-2/h3-8H,15H2,1-2H3,(H2,16,17,18,19). The van der Waals surface area contributed by atoms with Gasteiger partial charge in [0.15, 0.2) is 5.16 Å². The van der Waals surface area contributed by atoms with Crippen molar-refractivity contribution >= 4 is 23.4 Å². The molecule has 0 amide bonds. The first kappa shape index (κ1) is 14.5. The Kier molecular flexibility index (Phi) is 4.75. The van der Waals surface area contributed by atoms with Crippen LogP contribution in [0.4, 0.5) is 16.0 Å². The molecule has 2 rings (SSSR count). The van der Waals surface area contributed by atoms with Crippen LogP contribution in [0.2, 0.25) is 0 Å². The van der Waals surface area contributed by atoms with Crippen LogP contribution in [0.25, 0.3) is 0 Å². The van der Waals surface area contributed by atoms with E-state index in [9.17, 15) is 4.39 Å². The fourth-order valence-corrected chi connectivity index (χ4v) is 2.12. The molecule has 0 saturated carbocycles. The predicted molar refractivity (Wildman–Crippen MR) is 80.1 cm³/mol. The van der Waals surface area contributed by atoms with E-state index >= 15 is 0 Å². The minimum atomic E-state index is -0.257. The molecular weight excluding hydrogens is 277 g/mol. The molecule has 0 radical (unpaired) electrons. The first-order valence-corrected chi connectivity index (χ1v) is 7.26. The van der Waals surface area contributed by atoms with Gasteiger partial charge in [0.05, 0.1) is 6.04 Å². The van der Waals surface area contributed by atoms with Gasteiger partial charge in [0.2, 0.25) is 0 Å². The molecule has 5 nitrogen and oxygen atoms in total. The SMILES string of the molecule is CSc1nc(NN)cc(NC(C)c2cccc(F)c2)n1. The van der Waals surface area contributed by atoms with Crippen LogP contribution < -0.4 is 16.6 Å². The monoisotopic (exact) mass is 293 g/mol. The summed E-state index contributed by atoms with van der Waals surface area (Å²) in [5.74, 6) is 6.28. The lowest BCUT2D eigenvalue weighted by atomic mass is 10.1. The molecule has 0 saturated heterocycles. The molecule has 1 aromatic heterocycles. The molecule has 2 aromatic rings. The number of nitrogens with zero attached hydrogens (tertiary/aromatic N) is 2. The number of nitrogens with one attached hydrogen (secondary N) is 2. The zero-order chi connectivity index (χ0) is 14.5. The molecule has 1 heterocycles. The zero-order valence-electron chi connectivity index (χ0n) is 11.2. The first-order chi connectivity index (χ1) is 9.62. The summed E-state index contributed by atoms with van der Waals surface area (Å²) in [4.78, 5) is 8.52. The Morgan fingerprint density at radius 2 is 2.00 bits per heavy atom. The van der Waals surface area contributed by atoms with Gasteiger partial charge in [-0.05, 0) is 30.9 Å². The van der Waals surface area contributed by atoms with E-state index in [1.165, 1.54) is 23.9 Å². The van der Waals surface area contributed by atoms with Crippen molar-refractivity contribution < 1.29 is 4.39 Å². The third-order valence-electron chi connectivity index (χ3n) is 2.75. The van der Waals surface area contributed by atoms with Crippen LogP contribution in [0.15, 0.2) is 35.5 Å². The number of anilines is 2. The van der Waals surface area contributed by atoms with E-state index in [1.54, 1.807) is 12.1 Å². The fraction of sp³-hybridized carbons (Fsp3) is 0.231. The molecule has 1 unspecified atom stereocenters. The number of hydrazine groups is 1. The molecule has 1 aromatic carbocycles. The van der Waals surface area contributed by atoms with Gasteiger partial charge in [0.1, 0.15) is 17.5 Å². The number of nitrogens with two attached hydrogens (primary N) is 1. The largest absolute Gasteiger partial charge is 0.363 e. The van der Waals surface area contributed by atoms with Crippen molar-refractivity contribution in [3.05, 3.63) is 41.7 Å². The highest BCUT2D eigenvalue weighted by molar-refractivity contribution is 7.98. The van der Waals surface area contributed by atoms with E-state index in [0.717, 1.165) is 5.56 Å². The summed E-state index contributed by atoms with van der Waals surface area (Å²) in [7, 11) is 0. The normalized spacial score (nSPS) is 12.0. The van der Waals surface area contributed by atoms with Crippen LogP contribution in [-0.4, -0.2) is 16.2 Å². The van der Waals surface area contributed by atoms with Gasteiger partial charge in [-0.15, -0.1) is 0 Å². The Bertz CT molecular complexity index is 570. The Morgan fingerprint density at radius 3 is 2.65 bits per heavy atom. The van der Waals surface area contributed by atoms with Crippen molar-refractivity contribution in [2.75, 3.05) is 17.0 Å². The highest BCUT2D eigenvalue weighted by Crippen LogP contribution is 2.22. The van der Waals surface area contributed by atoms with E-state index < -0.39 is 0 Å². The molecule has 0 aliphatic heterocycles. The third-order valence-corrected chi connectivity index (χ3v) is 3.30. The Hall–Kier alpha value is -1.86. The molecule has 0 spiro atoms. The van der Waals surface area contributed by atoms with Gasteiger partial charge in [-0.3, -0.25) is 0 Å². The molecule has 7 heteroatoms. The molecule has 20 heavy (non-hydrogen) atoms. The number of nitrogen functional groups attached to an aromatic ring is 1. The molecule has 106 valence electrons. The molecule has 1 atom stereocenters. The van der Waals surface area contributed by atoms with Crippen LogP contribution in [0.5, 0.6) is 0 Å². The zero-order valence-corrected chi connectivity index (χ0v) is 12.0. The van der Waals surface area contributed by atoms with Gasteiger partial charge in [0, 0.05) is 6.07 Å². The molecular formula is C13H16FN5S. The summed E-state index contributed by atoms with van der Waals surface area (Å²) in [6, 6.07) is 8.08. The van der Waals surface area contributed by atoms with E-state index in [-0.39, 0.29) is 11.9 Å². The highest BCUT2D eigenvalue weighted by atomic mass is 32.2. The van der Waals surface area contributed by atoms with Crippen LogP contribution >= 0.6 is 11.8 Å². The first-order valence-electron chi connectivity index (χ1n) is 6.04. The number of aromatic nitrogens is 2. The number of hydrogen-bond acceptors (Lipinski definition) is 6. The van der Waals surface area contributed by atoms with Gasteiger partial charge >= 0.3 is 0 Å². The van der Waals surface area contributed by atoms with Gasteiger partial charge in [-0.25, -0.2) is 20.2 Å². The summed E-state index contributed by atoms with van der Waals surface area (Å²) in [5, 5.41) is 3.81. The minimum Gasteiger partial charge on any atom is -0.363 e. The summed E-state index contributed by atoms with van der Waals surface area (Å²) in [6.45, 7) is 1.94. The lowest BCUT2D eigenvalue weighted by Gasteiger charge is -2.16. The van der Waals surface area contributed by atoms with E-state index in [4.69, 9.17) is 5.84 Å². The maximum absolute atomic E-state index is 13.2. The summed E-state index contributed by atoms with van der Waals surface area (Å²) in [6.07, 6.45) is 1.88. The number of benzene rings is 1. The van der Waals surface area contributed by atoms with Gasteiger partial charge in [-0.2, -0.15) is 0 Å². The number of rotatable bonds is 5. The third kappa shape index (κ3) is 3.58. The Balaban J connectivity index is 2.20. The molecule has 0 aliphatic rings. The quantitative estimate of drug-likeness (QED) is 0.341. The maximum Gasteiger partial charge on any atom is 0.191 e. The highest BCUT2D eigenvalue weighted by Gasteiger charge is 2.09. The van der Waals surface area contributed by atoms with E-state index in [2.05, 4.69) is 20.7 Å². The topological polar surface area (TPSA) is 75.9 Å². The lowest BCUT2D eigenvalue weighted by Crippen LogP contribution is -2.12. The van der Waals surface area contributed by atoms with Crippen LogP contribution in [0.1, 0.15) is 18.5 Å². The number of halogens is 1. The van der Waals surface area contributed by atoms with E-state index in [1.807, 2.05) is 19.2 Å². The van der Waals surface area contributed by atoms with E-state index in [0.29, 0.717) is 16.8 Å². The molecule has 0 aliphatic carbocycles. The van der Waals surface area contributed by atoms with Crippen molar-refractivity contribution in [2.45, 2.75) is 18.1 Å². The van der Waals surface area contributed by atoms with Gasteiger partial charge in [0.25, 0.3) is 0 Å². The van der Waals surface area contributed by atoms with Crippen LogP contribution in [0.3, 0.4) is 0 Å². The average Bonchev–Trinajstić information content (AvgIpc) is 2.46. The minimum absolute atomic E-state index is 0.0825. The Morgan fingerprint density at radius 1 is 1.25 bits per heavy atom. The van der Waals surface area contributed by atoms with Crippen molar-refractivity contribution in [2.24, 2.45) is 5.84 Å². The van der Waals surface area contributed by atoms with Crippen molar-refractivity contribution in [3.8, 4) is 0 Å². The summed E-state index contributed by atoms with van der Waals surface area (Å²) in [5.41, 5.74) is 3.34. The van der Waals surface area contributed by atoms with Crippen LogP contribution in [0, 0.1) is 5.82 Å². The van der Waals surface area contributed by atoms with Crippen molar-refractivity contribution in [1.82, 2.24) is 9.97 Å². The van der Waals surface area contributed by atoms with Gasteiger partial charge < -0.3 is 10.7 Å². The lowest BCUT2D eigenvalue weighted by molar-refractivity contribution is 0.623. The van der Waals surface area contributed by atoms with Crippen LogP contribution in [-0.2, 0) is 0 Å². The Labute approximate surface area is 121 Å². The molecule has 0 fully saturated rings. The van der Waals surface area contributed by atoms with Gasteiger partial charge in [-0.1, -0.05) is 23.9 Å². The van der Waals surface area contributed by atoms with Crippen molar-refractivity contribution in [1.29, 1.82) is 0 Å². The second-order valence-electron chi connectivity index (χ2n) is 4.19. The summed E-state index contributed by atoms with van der Waals surface area (Å²) < 4.78 is 13.2. The fourth-order valence-electron chi connectivity index (χ4n) is 1.75. The van der Waals surface area contributed by atoms with Crippen molar-refractivity contribution in [3.63, 3.8) is 0 Å².